The van der Waals surface area contributed by atoms with Crippen molar-refractivity contribution in [2.75, 3.05) is 11.9 Å². The number of hydrogen-bond donors (Lipinski definition) is 1. The minimum absolute atomic E-state index is 0.0824. The minimum atomic E-state index is -3.64. The van der Waals surface area contributed by atoms with Crippen LogP contribution < -0.4 is 5.32 Å². The zero-order valence-corrected chi connectivity index (χ0v) is 18.1. The fraction of sp³-hybridized carbons (Fsp3) is 0.421. The zero-order valence-electron chi connectivity index (χ0n) is 16.5. The molecule has 1 aliphatic rings. The maximum atomic E-state index is 13.1. The largest absolute Gasteiger partial charge is 0.326 e. The molecule has 4 rings (SSSR count). The predicted octanol–water partition coefficient (Wildman–Crippen LogP) is 2.77. The van der Waals surface area contributed by atoms with Gasteiger partial charge in [-0.05, 0) is 44.9 Å². The molecular formula is C19H23N5O3S2. The maximum absolute atomic E-state index is 13.1. The highest BCUT2D eigenvalue weighted by molar-refractivity contribution is 7.89. The van der Waals surface area contributed by atoms with Crippen LogP contribution in [0.4, 0.5) is 5.69 Å². The van der Waals surface area contributed by atoms with Gasteiger partial charge in [0.2, 0.25) is 15.9 Å². The topological polar surface area (TPSA) is 97.2 Å². The molecule has 2 atom stereocenters. The van der Waals surface area contributed by atoms with Crippen LogP contribution in [-0.4, -0.2) is 46.0 Å². The summed E-state index contributed by atoms with van der Waals surface area (Å²) in [6.07, 6.45) is 2.49. The van der Waals surface area contributed by atoms with Crippen LogP contribution in [0.5, 0.6) is 0 Å². The van der Waals surface area contributed by atoms with Crippen LogP contribution in [0.25, 0.3) is 10.2 Å². The third kappa shape index (κ3) is 3.79. The minimum Gasteiger partial charge on any atom is -0.326 e. The summed E-state index contributed by atoms with van der Waals surface area (Å²) in [7, 11) is -1.93. The van der Waals surface area contributed by atoms with E-state index in [9.17, 15) is 13.2 Å². The number of fused-ring (bicyclic) bond motifs is 1. The molecule has 0 bridgehead atoms. The summed E-state index contributed by atoms with van der Waals surface area (Å²) in [5, 5.41) is 7.10. The van der Waals surface area contributed by atoms with E-state index >= 15 is 0 Å². The molecule has 1 saturated heterocycles. The van der Waals surface area contributed by atoms with E-state index in [0.29, 0.717) is 30.8 Å². The molecule has 154 valence electrons. The van der Waals surface area contributed by atoms with E-state index in [4.69, 9.17) is 0 Å². The fourth-order valence-corrected chi connectivity index (χ4v) is 6.40. The summed E-state index contributed by atoms with van der Waals surface area (Å²) in [6.45, 7) is 3.85. The molecule has 3 aromatic rings. The van der Waals surface area contributed by atoms with Crippen LogP contribution >= 0.6 is 11.3 Å². The lowest BCUT2D eigenvalue weighted by atomic mass is 9.92. The van der Waals surface area contributed by atoms with Gasteiger partial charge in [-0.1, -0.05) is 0 Å². The van der Waals surface area contributed by atoms with Crippen molar-refractivity contribution in [3.05, 3.63) is 35.6 Å². The molecule has 1 N–H and O–H groups in total. The molecule has 10 heteroatoms. The smallest absolute Gasteiger partial charge is 0.246 e. The van der Waals surface area contributed by atoms with Crippen molar-refractivity contribution in [3.63, 3.8) is 0 Å². The third-order valence-corrected chi connectivity index (χ3v) is 8.27. The quantitative estimate of drug-likeness (QED) is 0.682. The predicted molar refractivity (Wildman–Crippen MR) is 112 cm³/mol. The van der Waals surface area contributed by atoms with Crippen LogP contribution in [0.1, 0.15) is 25.5 Å². The molecule has 3 heterocycles. The maximum Gasteiger partial charge on any atom is 0.246 e. The number of aryl methyl sites for hydroxylation is 2. The number of amides is 1. The van der Waals surface area contributed by atoms with Gasteiger partial charge in [0.1, 0.15) is 4.90 Å². The molecule has 2 aromatic heterocycles. The molecule has 1 aromatic carbocycles. The van der Waals surface area contributed by atoms with E-state index in [1.807, 2.05) is 25.1 Å². The van der Waals surface area contributed by atoms with Crippen molar-refractivity contribution in [1.29, 1.82) is 0 Å². The lowest BCUT2D eigenvalue weighted by molar-refractivity contribution is -0.121. The molecule has 0 aliphatic carbocycles. The molecule has 8 nitrogen and oxygen atoms in total. The Morgan fingerprint density at radius 2 is 2.14 bits per heavy atom. The molecule has 0 saturated carbocycles. The number of nitrogens with one attached hydrogen (secondary N) is 1. The number of benzene rings is 1. The van der Waals surface area contributed by atoms with Gasteiger partial charge in [-0.15, -0.1) is 11.3 Å². The van der Waals surface area contributed by atoms with E-state index in [1.54, 1.807) is 30.8 Å². The summed E-state index contributed by atoms with van der Waals surface area (Å²) >= 11 is 1.55. The van der Waals surface area contributed by atoms with Crippen LogP contribution in [0.2, 0.25) is 0 Å². The van der Waals surface area contributed by atoms with Gasteiger partial charge >= 0.3 is 0 Å². The number of sulfonamides is 1. The molecule has 0 radical (unpaired) electrons. The molecule has 0 spiro atoms. The zero-order chi connectivity index (χ0) is 20.8. The number of aromatic nitrogens is 3. The Hall–Kier alpha value is -2.30. The first-order valence-electron chi connectivity index (χ1n) is 9.42. The second kappa shape index (κ2) is 7.51. The number of carbonyl (C=O) groups is 1. The SMILES string of the molecule is Cc1nn(C)cc1S(=O)(=O)N1CC[C@@H](C(=O)Nc2ccc3scnc3c2)C[C@@H]1C. The number of anilines is 1. The Kier molecular flexibility index (Phi) is 5.18. The summed E-state index contributed by atoms with van der Waals surface area (Å²) < 4.78 is 30.2. The van der Waals surface area contributed by atoms with Crippen LogP contribution in [0.15, 0.2) is 34.8 Å². The van der Waals surface area contributed by atoms with Crippen LogP contribution in [0.3, 0.4) is 0 Å². The summed E-state index contributed by atoms with van der Waals surface area (Å²) in [5.74, 6) is -0.321. The second-order valence-corrected chi connectivity index (χ2v) is 10.2. The molecule has 1 amide bonds. The third-order valence-electron chi connectivity index (χ3n) is 5.34. The van der Waals surface area contributed by atoms with Gasteiger partial charge in [0.05, 0.1) is 21.4 Å². The van der Waals surface area contributed by atoms with Gasteiger partial charge in [0.15, 0.2) is 0 Å². The summed E-state index contributed by atoms with van der Waals surface area (Å²) in [6, 6.07) is 5.39. The van der Waals surface area contributed by atoms with E-state index in [-0.39, 0.29) is 22.8 Å². The van der Waals surface area contributed by atoms with Gasteiger partial charge in [0, 0.05) is 37.4 Å². The second-order valence-electron chi connectivity index (χ2n) is 7.46. The van der Waals surface area contributed by atoms with Crippen molar-refractivity contribution in [1.82, 2.24) is 19.1 Å². The fourth-order valence-electron chi connectivity index (χ4n) is 3.88. The first-order chi connectivity index (χ1) is 13.8. The lowest BCUT2D eigenvalue weighted by Crippen LogP contribution is -2.46. The normalized spacial score (nSPS) is 20.8. The first kappa shape index (κ1) is 20.0. The van der Waals surface area contributed by atoms with Gasteiger partial charge in [-0.3, -0.25) is 9.48 Å². The Bertz CT molecular complexity index is 1170. The van der Waals surface area contributed by atoms with Crippen molar-refractivity contribution in [3.8, 4) is 0 Å². The Balaban J connectivity index is 1.45. The molecular weight excluding hydrogens is 410 g/mol. The summed E-state index contributed by atoms with van der Waals surface area (Å²) in [5.41, 5.74) is 3.82. The van der Waals surface area contributed by atoms with E-state index in [1.165, 1.54) is 15.2 Å². The monoisotopic (exact) mass is 433 g/mol. The van der Waals surface area contributed by atoms with Crippen molar-refractivity contribution in [2.24, 2.45) is 13.0 Å². The number of carbonyl (C=O) groups excluding carboxylic acids is 1. The number of piperidine rings is 1. The highest BCUT2D eigenvalue weighted by atomic mass is 32.2. The number of nitrogens with zero attached hydrogens (tertiary/aromatic N) is 4. The van der Waals surface area contributed by atoms with Crippen molar-refractivity contribution in [2.45, 2.75) is 37.6 Å². The van der Waals surface area contributed by atoms with E-state index in [0.717, 1.165) is 10.2 Å². The molecule has 0 unspecified atom stereocenters. The van der Waals surface area contributed by atoms with E-state index < -0.39 is 10.0 Å². The highest BCUT2D eigenvalue weighted by Crippen LogP contribution is 2.30. The molecule has 1 fully saturated rings. The highest BCUT2D eigenvalue weighted by Gasteiger charge is 2.38. The number of hydrogen-bond acceptors (Lipinski definition) is 6. The van der Waals surface area contributed by atoms with Crippen LogP contribution in [0, 0.1) is 12.8 Å². The van der Waals surface area contributed by atoms with E-state index in [2.05, 4.69) is 15.4 Å². The van der Waals surface area contributed by atoms with Gasteiger partial charge in [0.25, 0.3) is 0 Å². The Labute approximate surface area is 173 Å². The molecule has 1 aliphatic heterocycles. The average Bonchev–Trinajstić information content (AvgIpc) is 3.26. The Morgan fingerprint density at radius 3 is 2.83 bits per heavy atom. The summed E-state index contributed by atoms with van der Waals surface area (Å²) in [4.78, 5) is 17.3. The first-order valence-corrected chi connectivity index (χ1v) is 11.7. The van der Waals surface area contributed by atoms with Crippen LogP contribution in [-0.2, 0) is 21.9 Å². The van der Waals surface area contributed by atoms with Crippen molar-refractivity contribution < 1.29 is 13.2 Å². The number of thiazole rings is 1. The Morgan fingerprint density at radius 1 is 1.34 bits per heavy atom. The van der Waals surface area contributed by atoms with Gasteiger partial charge in [-0.25, -0.2) is 13.4 Å². The number of rotatable bonds is 4. The lowest BCUT2D eigenvalue weighted by Gasteiger charge is -2.35. The average molecular weight is 434 g/mol. The van der Waals surface area contributed by atoms with Gasteiger partial charge in [-0.2, -0.15) is 9.40 Å². The van der Waals surface area contributed by atoms with Crippen molar-refractivity contribution >= 4 is 43.2 Å². The van der Waals surface area contributed by atoms with Gasteiger partial charge < -0.3 is 5.32 Å². The molecule has 29 heavy (non-hydrogen) atoms. The standard InChI is InChI=1S/C19H23N5O3S2/c1-12-8-14(19(25)21-15-4-5-17-16(9-15)20-11-28-17)6-7-24(12)29(26,27)18-10-23(3)22-13(18)2/h4-5,9-12,14H,6-8H2,1-3H3,(H,21,25)/t12-,14+/m0/s1.